The van der Waals surface area contributed by atoms with Crippen LogP contribution >= 0.6 is 27.5 Å². The summed E-state index contributed by atoms with van der Waals surface area (Å²) in [4.78, 5) is 15.3. The minimum atomic E-state index is -0.183. The van der Waals surface area contributed by atoms with E-state index in [1.165, 1.54) is 0 Å². The standard InChI is InChI=1S/C15H10BrClN2O/c16-11-2-4-14(12(17)8-11)19-15(20)10-1-3-13-9(7-10)5-6-18-13/h1-8,18H,(H,19,20). The number of hydrogen-bond donors (Lipinski definition) is 2. The second-order valence-electron chi connectivity index (χ2n) is 4.36. The van der Waals surface area contributed by atoms with Crippen molar-refractivity contribution in [3.63, 3.8) is 0 Å². The number of H-pyrrole nitrogens is 1. The van der Waals surface area contributed by atoms with Gasteiger partial charge in [0.1, 0.15) is 0 Å². The average Bonchev–Trinajstić information content (AvgIpc) is 2.89. The van der Waals surface area contributed by atoms with Crippen molar-refractivity contribution >= 4 is 50.0 Å². The smallest absolute Gasteiger partial charge is 0.255 e. The van der Waals surface area contributed by atoms with E-state index in [-0.39, 0.29) is 5.91 Å². The van der Waals surface area contributed by atoms with E-state index in [9.17, 15) is 4.79 Å². The monoisotopic (exact) mass is 348 g/mol. The summed E-state index contributed by atoms with van der Waals surface area (Å²) in [5.74, 6) is -0.183. The van der Waals surface area contributed by atoms with E-state index in [0.717, 1.165) is 15.4 Å². The number of rotatable bonds is 2. The Balaban J connectivity index is 1.88. The SMILES string of the molecule is O=C(Nc1ccc(Br)cc1Cl)c1ccc2[nH]ccc2c1. The molecule has 5 heteroatoms. The molecule has 0 bridgehead atoms. The minimum absolute atomic E-state index is 0.183. The number of carbonyl (C=O) groups excluding carboxylic acids is 1. The van der Waals surface area contributed by atoms with E-state index in [2.05, 4.69) is 26.2 Å². The second kappa shape index (κ2) is 5.31. The molecule has 0 spiro atoms. The van der Waals surface area contributed by atoms with Crippen molar-refractivity contribution in [2.75, 3.05) is 5.32 Å². The van der Waals surface area contributed by atoms with Gasteiger partial charge in [0, 0.05) is 27.1 Å². The summed E-state index contributed by atoms with van der Waals surface area (Å²) in [5, 5.41) is 4.30. The van der Waals surface area contributed by atoms with Crippen molar-refractivity contribution in [1.82, 2.24) is 4.98 Å². The number of fused-ring (bicyclic) bond motifs is 1. The normalized spacial score (nSPS) is 10.7. The van der Waals surface area contributed by atoms with Crippen molar-refractivity contribution in [3.8, 4) is 0 Å². The summed E-state index contributed by atoms with van der Waals surface area (Å²) in [6.45, 7) is 0. The molecular weight excluding hydrogens is 340 g/mol. The number of aromatic nitrogens is 1. The Morgan fingerprint density at radius 1 is 1.15 bits per heavy atom. The average molecular weight is 350 g/mol. The van der Waals surface area contributed by atoms with E-state index in [1.807, 2.05) is 30.5 Å². The van der Waals surface area contributed by atoms with Crippen LogP contribution in [0.2, 0.25) is 5.02 Å². The quantitative estimate of drug-likeness (QED) is 0.683. The van der Waals surface area contributed by atoms with Crippen LogP contribution in [0.1, 0.15) is 10.4 Å². The van der Waals surface area contributed by atoms with Gasteiger partial charge in [0.25, 0.3) is 5.91 Å². The summed E-state index contributed by atoms with van der Waals surface area (Å²) in [6, 6.07) is 12.8. The van der Waals surface area contributed by atoms with E-state index in [1.54, 1.807) is 18.2 Å². The van der Waals surface area contributed by atoms with Gasteiger partial charge < -0.3 is 10.3 Å². The fourth-order valence-corrected chi connectivity index (χ4v) is 2.70. The first-order chi connectivity index (χ1) is 9.63. The highest BCUT2D eigenvalue weighted by molar-refractivity contribution is 9.10. The maximum absolute atomic E-state index is 12.2. The zero-order chi connectivity index (χ0) is 14.1. The fraction of sp³-hybridized carbons (Fsp3) is 0. The van der Waals surface area contributed by atoms with Gasteiger partial charge >= 0.3 is 0 Å². The molecule has 0 aliphatic carbocycles. The Kier molecular flexibility index (Phi) is 3.51. The zero-order valence-corrected chi connectivity index (χ0v) is 12.6. The predicted octanol–water partition coefficient (Wildman–Crippen LogP) is 4.84. The van der Waals surface area contributed by atoms with Crippen LogP contribution in [0.15, 0.2) is 53.1 Å². The number of carbonyl (C=O) groups is 1. The summed E-state index contributed by atoms with van der Waals surface area (Å²) < 4.78 is 0.870. The number of halogens is 2. The van der Waals surface area contributed by atoms with Crippen LogP contribution in [-0.2, 0) is 0 Å². The lowest BCUT2D eigenvalue weighted by Crippen LogP contribution is -2.12. The van der Waals surface area contributed by atoms with E-state index in [4.69, 9.17) is 11.6 Å². The van der Waals surface area contributed by atoms with Gasteiger partial charge in [0.2, 0.25) is 0 Å². The maximum Gasteiger partial charge on any atom is 0.255 e. The van der Waals surface area contributed by atoms with Gasteiger partial charge in [-0.15, -0.1) is 0 Å². The molecule has 0 fully saturated rings. The molecule has 0 saturated heterocycles. The van der Waals surface area contributed by atoms with E-state index < -0.39 is 0 Å². The molecule has 0 aliphatic heterocycles. The van der Waals surface area contributed by atoms with E-state index >= 15 is 0 Å². The topological polar surface area (TPSA) is 44.9 Å². The Labute approximate surface area is 129 Å². The Morgan fingerprint density at radius 3 is 2.80 bits per heavy atom. The first-order valence-electron chi connectivity index (χ1n) is 5.97. The van der Waals surface area contributed by atoms with Crippen LogP contribution in [0.5, 0.6) is 0 Å². The number of anilines is 1. The third kappa shape index (κ3) is 2.57. The van der Waals surface area contributed by atoms with Crippen LogP contribution in [0.3, 0.4) is 0 Å². The van der Waals surface area contributed by atoms with Crippen molar-refractivity contribution in [2.45, 2.75) is 0 Å². The number of amides is 1. The van der Waals surface area contributed by atoms with Crippen molar-refractivity contribution in [2.24, 2.45) is 0 Å². The molecule has 0 aliphatic rings. The van der Waals surface area contributed by atoms with Crippen LogP contribution in [0.25, 0.3) is 10.9 Å². The molecule has 3 aromatic rings. The molecule has 1 amide bonds. The highest BCUT2D eigenvalue weighted by Crippen LogP contribution is 2.26. The Bertz CT molecular complexity index is 797. The van der Waals surface area contributed by atoms with Gasteiger partial charge in [-0.2, -0.15) is 0 Å². The Hall–Kier alpha value is -1.78. The largest absolute Gasteiger partial charge is 0.361 e. The van der Waals surface area contributed by atoms with Gasteiger partial charge in [-0.25, -0.2) is 0 Å². The molecule has 0 atom stereocenters. The van der Waals surface area contributed by atoms with Gasteiger partial charge in [-0.05, 0) is 42.5 Å². The summed E-state index contributed by atoms with van der Waals surface area (Å²) in [6.07, 6.45) is 1.85. The highest BCUT2D eigenvalue weighted by atomic mass is 79.9. The molecule has 0 saturated carbocycles. The number of benzene rings is 2. The molecule has 2 aromatic carbocycles. The minimum Gasteiger partial charge on any atom is -0.361 e. The van der Waals surface area contributed by atoms with Crippen LogP contribution in [0, 0.1) is 0 Å². The van der Waals surface area contributed by atoms with Gasteiger partial charge in [-0.1, -0.05) is 27.5 Å². The molecule has 3 rings (SSSR count). The van der Waals surface area contributed by atoms with Crippen LogP contribution in [0.4, 0.5) is 5.69 Å². The number of hydrogen-bond acceptors (Lipinski definition) is 1. The van der Waals surface area contributed by atoms with Crippen LogP contribution < -0.4 is 5.32 Å². The molecule has 0 unspecified atom stereocenters. The molecule has 0 radical (unpaired) electrons. The summed E-state index contributed by atoms with van der Waals surface area (Å²) in [7, 11) is 0. The molecule has 20 heavy (non-hydrogen) atoms. The van der Waals surface area contributed by atoms with Crippen LogP contribution in [-0.4, -0.2) is 10.9 Å². The molecule has 100 valence electrons. The third-order valence-corrected chi connectivity index (χ3v) is 3.80. The third-order valence-electron chi connectivity index (χ3n) is 2.99. The lowest BCUT2D eigenvalue weighted by molar-refractivity contribution is 0.102. The second-order valence-corrected chi connectivity index (χ2v) is 5.68. The molecular formula is C15H10BrClN2O. The van der Waals surface area contributed by atoms with E-state index in [0.29, 0.717) is 16.3 Å². The first kappa shape index (κ1) is 13.2. The number of nitrogens with one attached hydrogen (secondary N) is 2. The summed E-state index contributed by atoms with van der Waals surface area (Å²) >= 11 is 9.42. The lowest BCUT2D eigenvalue weighted by atomic mass is 10.1. The summed E-state index contributed by atoms with van der Waals surface area (Å²) in [5.41, 5.74) is 2.19. The zero-order valence-electron chi connectivity index (χ0n) is 10.3. The molecule has 1 heterocycles. The molecule has 1 aromatic heterocycles. The fourth-order valence-electron chi connectivity index (χ4n) is 1.98. The van der Waals surface area contributed by atoms with Crippen molar-refractivity contribution < 1.29 is 4.79 Å². The predicted molar refractivity (Wildman–Crippen MR) is 85.4 cm³/mol. The highest BCUT2D eigenvalue weighted by Gasteiger charge is 2.09. The number of aromatic amines is 1. The molecule has 2 N–H and O–H groups in total. The Morgan fingerprint density at radius 2 is 2.00 bits per heavy atom. The van der Waals surface area contributed by atoms with Crippen molar-refractivity contribution in [3.05, 3.63) is 63.7 Å². The molecule has 3 nitrogen and oxygen atoms in total. The lowest BCUT2D eigenvalue weighted by Gasteiger charge is -2.07. The first-order valence-corrected chi connectivity index (χ1v) is 7.14. The van der Waals surface area contributed by atoms with Gasteiger partial charge in [0.15, 0.2) is 0 Å². The van der Waals surface area contributed by atoms with Gasteiger partial charge in [-0.3, -0.25) is 4.79 Å². The maximum atomic E-state index is 12.2. The van der Waals surface area contributed by atoms with Gasteiger partial charge in [0.05, 0.1) is 10.7 Å². The van der Waals surface area contributed by atoms with Crippen molar-refractivity contribution in [1.29, 1.82) is 0 Å².